The molecule has 0 saturated carbocycles. The number of nitrogens with one attached hydrogen (secondary N) is 1. The van der Waals surface area contributed by atoms with Crippen molar-refractivity contribution in [3.63, 3.8) is 0 Å². The summed E-state index contributed by atoms with van der Waals surface area (Å²) in [4.78, 5) is 14.6. The Morgan fingerprint density at radius 1 is 1.24 bits per heavy atom. The fraction of sp³-hybridized carbons (Fsp3) is 0.588. The number of carbonyl (C=O) groups is 1. The van der Waals surface area contributed by atoms with Gasteiger partial charge in [-0.15, -0.1) is 0 Å². The topological polar surface area (TPSA) is 41.6 Å². The largest absolute Gasteiger partial charge is 0.372 e. The Labute approximate surface area is 127 Å². The van der Waals surface area contributed by atoms with Gasteiger partial charge in [0, 0.05) is 31.6 Å². The molecule has 0 radical (unpaired) electrons. The van der Waals surface area contributed by atoms with Crippen LogP contribution in [0.1, 0.15) is 39.5 Å². The van der Waals surface area contributed by atoms with Gasteiger partial charge in [0.25, 0.3) is 5.91 Å². The Balaban J connectivity index is 2.00. The predicted molar refractivity (Wildman–Crippen MR) is 86.8 cm³/mol. The first-order valence-corrected chi connectivity index (χ1v) is 7.80. The second-order valence-electron chi connectivity index (χ2n) is 5.84. The van der Waals surface area contributed by atoms with Crippen LogP contribution in [0, 0.1) is 0 Å². The maximum absolute atomic E-state index is 12.2. The quantitative estimate of drug-likeness (QED) is 0.903. The van der Waals surface area contributed by atoms with E-state index in [0.717, 1.165) is 18.8 Å². The number of rotatable bonds is 5. The van der Waals surface area contributed by atoms with Crippen LogP contribution in [0.4, 0.5) is 11.4 Å². The van der Waals surface area contributed by atoms with Crippen LogP contribution in [-0.2, 0) is 9.53 Å². The van der Waals surface area contributed by atoms with Crippen molar-refractivity contribution in [2.75, 3.05) is 30.4 Å². The Morgan fingerprint density at radius 2 is 1.86 bits per heavy atom. The molecule has 1 N–H and O–H groups in total. The molecule has 1 saturated heterocycles. The Morgan fingerprint density at radius 3 is 2.38 bits per heavy atom. The van der Waals surface area contributed by atoms with E-state index in [1.807, 2.05) is 26.0 Å². The molecule has 21 heavy (non-hydrogen) atoms. The third kappa shape index (κ3) is 3.76. The summed E-state index contributed by atoms with van der Waals surface area (Å²) in [6.07, 6.45) is 4.50. The van der Waals surface area contributed by atoms with Gasteiger partial charge >= 0.3 is 0 Å². The zero-order valence-corrected chi connectivity index (χ0v) is 13.3. The summed E-state index contributed by atoms with van der Waals surface area (Å²) >= 11 is 0. The minimum Gasteiger partial charge on any atom is -0.372 e. The van der Waals surface area contributed by atoms with Crippen molar-refractivity contribution in [3.05, 3.63) is 24.3 Å². The van der Waals surface area contributed by atoms with E-state index >= 15 is 0 Å². The van der Waals surface area contributed by atoms with Crippen LogP contribution >= 0.6 is 0 Å². The van der Waals surface area contributed by atoms with Crippen LogP contribution in [0.15, 0.2) is 24.3 Å². The minimum absolute atomic E-state index is 0.0989. The number of anilines is 2. The zero-order chi connectivity index (χ0) is 15.3. The Hall–Kier alpha value is -1.55. The highest BCUT2D eigenvalue weighted by Gasteiger charge is 2.30. The molecule has 1 amide bonds. The monoisotopic (exact) mass is 290 g/mol. The molecule has 0 spiro atoms. The second-order valence-corrected chi connectivity index (χ2v) is 5.84. The molecule has 116 valence electrons. The molecule has 1 unspecified atom stereocenters. The maximum atomic E-state index is 12.2. The van der Waals surface area contributed by atoms with Crippen LogP contribution in [0.5, 0.6) is 0 Å². The molecule has 1 aromatic carbocycles. The number of piperidine rings is 1. The van der Waals surface area contributed by atoms with E-state index in [4.69, 9.17) is 4.74 Å². The van der Waals surface area contributed by atoms with Crippen LogP contribution in [0.2, 0.25) is 0 Å². The summed E-state index contributed by atoms with van der Waals surface area (Å²) in [5, 5.41) is 2.93. The van der Waals surface area contributed by atoms with Crippen LogP contribution in [-0.4, -0.2) is 31.7 Å². The second kappa shape index (κ2) is 6.94. The van der Waals surface area contributed by atoms with Gasteiger partial charge in [-0.1, -0.05) is 6.92 Å². The highest BCUT2D eigenvalue weighted by molar-refractivity contribution is 5.97. The van der Waals surface area contributed by atoms with E-state index in [9.17, 15) is 4.79 Å². The van der Waals surface area contributed by atoms with E-state index in [2.05, 4.69) is 22.3 Å². The van der Waals surface area contributed by atoms with E-state index in [0.29, 0.717) is 6.42 Å². The molecular weight excluding hydrogens is 264 g/mol. The Kier molecular flexibility index (Phi) is 5.23. The average molecular weight is 290 g/mol. The van der Waals surface area contributed by atoms with Gasteiger partial charge in [0.1, 0.15) is 5.60 Å². The van der Waals surface area contributed by atoms with E-state index in [1.54, 1.807) is 7.11 Å². The third-order valence-electron chi connectivity index (χ3n) is 4.45. The van der Waals surface area contributed by atoms with Gasteiger partial charge in [-0.3, -0.25) is 4.79 Å². The van der Waals surface area contributed by atoms with Gasteiger partial charge in [0.2, 0.25) is 0 Å². The molecule has 4 nitrogen and oxygen atoms in total. The van der Waals surface area contributed by atoms with Crippen molar-refractivity contribution < 1.29 is 9.53 Å². The predicted octanol–water partition coefficient (Wildman–Crippen LogP) is 3.43. The number of amides is 1. The van der Waals surface area contributed by atoms with E-state index < -0.39 is 5.60 Å². The number of hydrogen-bond donors (Lipinski definition) is 1. The lowest BCUT2D eigenvalue weighted by Crippen LogP contribution is -2.41. The first kappa shape index (κ1) is 15.8. The molecule has 1 aliphatic heterocycles. The van der Waals surface area contributed by atoms with Crippen molar-refractivity contribution in [1.29, 1.82) is 0 Å². The third-order valence-corrected chi connectivity index (χ3v) is 4.45. The fourth-order valence-electron chi connectivity index (χ4n) is 2.57. The molecule has 4 heteroatoms. The van der Waals surface area contributed by atoms with Crippen LogP contribution < -0.4 is 10.2 Å². The molecular formula is C17H26N2O2. The van der Waals surface area contributed by atoms with Gasteiger partial charge in [0.15, 0.2) is 0 Å². The first-order valence-electron chi connectivity index (χ1n) is 7.80. The van der Waals surface area contributed by atoms with Crippen molar-refractivity contribution in [2.45, 2.75) is 45.1 Å². The van der Waals surface area contributed by atoms with Crippen molar-refractivity contribution in [1.82, 2.24) is 0 Å². The van der Waals surface area contributed by atoms with E-state index in [1.165, 1.54) is 24.9 Å². The molecule has 1 aromatic rings. The maximum Gasteiger partial charge on any atom is 0.256 e. The van der Waals surface area contributed by atoms with Gasteiger partial charge < -0.3 is 15.0 Å². The minimum atomic E-state index is -0.772. The number of ether oxygens (including phenoxy) is 1. The molecule has 1 aliphatic rings. The summed E-state index contributed by atoms with van der Waals surface area (Å²) in [6.45, 7) is 6.01. The highest BCUT2D eigenvalue weighted by Crippen LogP contribution is 2.23. The standard InChI is InChI=1S/C17H26N2O2/c1-4-17(2,21-3)16(20)18-14-8-10-15(11-9-14)19-12-6-5-7-13-19/h8-11H,4-7,12-13H2,1-3H3,(H,18,20). The summed E-state index contributed by atoms with van der Waals surface area (Å²) in [5.74, 6) is -0.0989. The molecule has 0 bridgehead atoms. The normalized spacial score (nSPS) is 18.1. The number of hydrogen-bond acceptors (Lipinski definition) is 3. The molecule has 1 fully saturated rings. The summed E-state index contributed by atoms with van der Waals surface area (Å²) < 4.78 is 5.32. The number of methoxy groups -OCH3 is 1. The number of carbonyl (C=O) groups excluding carboxylic acids is 1. The molecule has 1 atom stereocenters. The Bertz CT molecular complexity index is 460. The van der Waals surface area contributed by atoms with Gasteiger partial charge in [0.05, 0.1) is 0 Å². The average Bonchev–Trinajstić information content (AvgIpc) is 2.55. The van der Waals surface area contributed by atoms with Crippen LogP contribution in [0.3, 0.4) is 0 Å². The van der Waals surface area contributed by atoms with Gasteiger partial charge in [-0.2, -0.15) is 0 Å². The highest BCUT2D eigenvalue weighted by atomic mass is 16.5. The molecule has 2 rings (SSSR count). The summed E-state index contributed by atoms with van der Waals surface area (Å²) in [7, 11) is 1.57. The first-order chi connectivity index (χ1) is 10.1. The van der Waals surface area contributed by atoms with Crippen LogP contribution in [0.25, 0.3) is 0 Å². The van der Waals surface area contributed by atoms with E-state index in [-0.39, 0.29) is 5.91 Å². The summed E-state index contributed by atoms with van der Waals surface area (Å²) in [5.41, 5.74) is 1.28. The van der Waals surface area contributed by atoms with Gasteiger partial charge in [-0.25, -0.2) is 0 Å². The fourth-order valence-corrected chi connectivity index (χ4v) is 2.57. The van der Waals surface area contributed by atoms with Crippen molar-refractivity contribution in [2.24, 2.45) is 0 Å². The number of nitrogens with zero attached hydrogens (tertiary/aromatic N) is 1. The lowest BCUT2D eigenvalue weighted by atomic mass is 10.0. The van der Waals surface area contributed by atoms with Gasteiger partial charge in [-0.05, 0) is 56.9 Å². The zero-order valence-electron chi connectivity index (χ0n) is 13.3. The molecule has 0 aliphatic carbocycles. The van der Waals surface area contributed by atoms with Crippen molar-refractivity contribution >= 4 is 17.3 Å². The SMILES string of the molecule is CCC(C)(OC)C(=O)Nc1ccc(N2CCCCC2)cc1. The molecule has 0 aromatic heterocycles. The lowest BCUT2D eigenvalue weighted by Gasteiger charge is -2.29. The molecule has 1 heterocycles. The number of benzene rings is 1. The summed E-state index contributed by atoms with van der Waals surface area (Å²) in [6, 6.07) is 8.09. The van der Waals surface area contributed by atoms with Crippen molar-refractivity contribution in [3.8, 4) is 0 Å². The lowest BCUT2D eigenvalue weighted by molar-refractivity contribution is -0.136. The smallest absolute Gasteiger partial charge is 0.256 e.